The lowest BCUT2D eigenvalue weighted by Gasteiger charge is -2.17. The van der Waals surface area contributed by atoms with Gasteiger partial charge >= 0.3 is 0 Å². The SMILES string of the molecule is CNC(c1coc(C)c1)C(C)C. The van der Waals surface area contributed by atoms with Crippen molar-refractivity contribution in [1.29, 1.82) is 0 Å². The summed E-state index contributed by atoms with van der Waals surface area (Å²) in [6.07, 6.45) is 1.83. The Morgan fingerprint density at radius 2 is 2.08 bits per heavy atom. The van der Waals surface area contributed by atoms with E-state index < -0.39 is 0 Å². The van der Waals surface area contributed by atoms with E-state index in [2.05, 4.69) is 25.2 Å². The summed E-state index contributed by atoms with van der Waals surface area (Å²) in [4.78, 5) is 0. The average molecular weight is 167 g/mol. The Morgan fingerprint density at radius 3 is 2.42 bits per heavy atom. The van der Waals surface area contributed by atoms with Gasteiger partial charge in [-0.2, -0.15) is 0 Å². The molecule has 1 N–H and O–H groups in total. The first-order valence-electron chi connectivity index (χ1n) is 4.37. The lowest BCUT2D eigenvalue weighted by Crippen LogP contribution is -2.20. The van der Waals surface area contributed by atoms with E-state index in [0.717, 1.165) is 5.76 Å². The van der Waals surface area contributed by atoms with Crippen molar-refractivity contribution in [2.24, 2.45) is 5.92 Å². The highest BCUT2D eigenvalue weighted by atomic mass is 16.3. The van der Waals surface area contributed by atoms with Crippen LogP contribution in [-0.2, 0) is 0 Å². The van der Waals surface area contributed by atoms with Gasteiger partial charge in [0.1, 0.15) is 5.76 Å². The first-order valence-corrected chi connectivity index (χ1v) is 4.37. The Labute approximate surface area is 74.0 Å². The molecule has 0 aliphatic carbocycles. The molecule has 0 saturated heterocycles. The molecule has 1 aromatic rings. The molecular formula is C10H17NO. The van der Waals surface area contributed by atoms with E-state index in [4.69, 9.17) is 4.42 Å². The lowest BCUT2D eigenvalue weighted by molar-refractivity contribution is 0.436. The fourth-order valence-electron chi connectivity index (χ4n) is 1.51. The predicted octanol–water partition coefficient (Wildman–Crippen LogP) is 2.50. The summed E-state index contributed by atoms with van der Waals surface area (Å²) in [6, 6.07) is 2.49. The van der Waals surface area contributed by atoms with E-state index in [-0.39, 0.29) is 0 Å². The number of hydrogen-bond donors (Lipinski definition) is 1. The van der Waals surface area contributed by atoms with Crippen LogP contribution in [0.1, 0.15) is 31.2 Å². The molecule has 2 heteroatoms. The van der Waals surface area contributed by atoms with Gasteiger partial charge in [0.15, 0.2) is 0 Å². The molecule has 0 aliphatic heterocycles. The second-order valence-corrected chi connectivity index (χ2v) is 3.50. The predicted molar refractivity (Wildman–Crippen MR) is 50.1 cm³/mol. The van der Waals surface area contributed by atoms with E-state index >= 15 is 0 Å². The van der Waals surface area contributed by atoms with Crippen LogP contribution in [0.25, 0.3) is 0 Å². The van der Waals surface area contributed by atoms with Crippen molar-refractivity contribution < 1.29 is 4.42 Å². The zero-order valence-electron chi connectivity index (χ0n) is 8.22. The molecule has 0 amide bonds. The second-order valence-electron chi connectivity index (χ2n) is 3.50. The van der Waals surface area contributed by atoms with Crippen LogP contribution in [0.15, 0.2) is 16.7 Å². The van der Waals surface area contributed by atoms with Gasteiger partial charge in [-0.25, -0.2) is 0 Å². The highest BCUT2D eigenvalue weighted by molar-refractivity contribution is 5.16. The fourth-order valence-corrected chi connectivity index (χ4v) is 1.51. The Bertz CT molecular complexity index is 240. The van der Waals surface area contributed by atoms with Gasteiger partial charge < -0.3 is 9.73 Å². The van der Waals surface area contributed by atoms with Crippen molar-refractivity contribution in [2.75, 3.05) is 7.05 Å². The van der Waals surface area contributed by atoms with Crippen LogP contribution in [0.4, 0.5) is 0 Å². The zero-order chi connectivity index (χ0) is 9.14. The maximum Gasteiger partial charge on any atom is 0.101 e. The number of furan rings is 1. The molecule has 0 saturated carbocycles. The smallest absolute Gasteiger partial charge is 0.101 e. The normalized spacial score (nSPS) is 13.8. The summed E-state index contributed by atoms with van der Waals surface area (Å²) in [6.45, 7) is 6.36. The number of aryl methyl sites for hydroxylation is 1. The standard InChI is InChI=1S/C10H17NO/c1-7(2)10(11-4)9-5-8(3)12-6-9/h5-7,10-11H,1-4H3. The molecule has 2 nitrogen and oxygen atoms in total. The maximum absolute atomic E-state index is 5.26. The van der Waals surface area contributed by atoms with E-state index in [1.165, 1.54) is 5.56 Å². The van der Waals surface area contributed by atoms with Gasteiger partial charge in [0.2, 0.25) is 0 Å². The monoisotopic (exact) mass is 167 g/mol. The van der Waals surface area contributed by atoms with Crippen LogP contribution in [0, 0.1) is 12.8 Å². The van der Waals surface area contributed by atoms with Gasteiger partial charge in [-0.15, -0.1) is 0 Å². The maximum atomic E-state index is 5.26. The van der Waals surface area contributed by atoms with E-state index in [9.17, 15) is 0 Å². The Kier molecular flexibility index (Phi) is 2.93. The quantitative estimate of drug-likeness (QED) is 0.748. The Balaban J connectivity index is 2.80. The van der Waals surface area contributed by atoms with Crippen molar-refractivity contribution in [1.82, 2.24) is 5.32 Å². The molecule has 1 atom stereocenters. The molecule has 0 radical (unpaired) electrons. The molecular weight excluding hydrogens is 150 g/mol. The molecule has 12 heavy (non-hydrogen) atoms. The summed E-state index contributed by atoms with van der Waals surface area (Å²) < 4.78 is 5.26. The highest BCUT2D eigenvalue weighted by Gasteiger charge is 2.14. The third-order valence-electron chi connectivity index (χ3n) is 2.09. The van der Waals surface area contributed by atoms with Crippen LogP contribution in [0.5, 0.6) is 0 Å². The Hall–Kier alpha value is -0.760. The van der Waals surface area contributed by atoms with Crippen molar-refractivity contribution in [3.8, 4) is 0 Å². The minimum absolute atomic E-state index is 0.405. The molecule has 0 fully saturated rings. The third-order valence-corrected chi connectivity index (χ3v) is 2.09. The van der Waals surface area contributed by atoms with Crippen molar-refractivity contribution in [3.05, 3.63) is 23.7 Å². The van der Waals surface area contributed by atoms with Gasteiger partial charge in [0.05, 0.1) is 6.26 Å². The molecule has 0 aliphatic rings. The molecule has 1 unspecified atom stereocenters. The van der Waals surface area contributed by atoms with Crippen LogP contribution in [0.2, 0.25) is 0 Å². The van der Waals surface area contributed by atoms with Crippen LogP contribution in [-0.4, -0.2) is 7.05 Å². The van der Waals surface area contributed by atoms with Gasteiger partial charge in [0.25, 0.3) is 0 Å². The van der Waals surface area contributed by atoms with Gasteiger partial charge in [-0.1, -0.05) is 13.8 Å². The molecule has 0 aromatic carbocycles. The minimum atomic E-state index is 0.405. The van der Waals surface area contributed by atoms with Crippen LogP contribution >= 0.6 is 0 Å². The average Bonchev–Trinajstić information content (AvgIpc) is 2.37. The zero-order valence-corrected chi connectivity index (χ0v) is 8.22. The van der Waals surface area contributed by atoms with E-state index in [0.29, 0.717) is 12.0 Å². The van der Waals surface area contributed by atoms with Crippen molar-refractivity contribution >= 4 is 0 Å². The summed E-state index contributed by atoms with van der Waals surface area (Å²) in [5.41, 5.74) is 1.24. The fraction of sp³-hybridized carbons (Fsp3) is 0.600. The number of hydrogen-bond acceptors (Lipinski definition) is 2. The topological polar surface area (TPSA) is 25.2 Å². The molecule has 0 spiro atoms. The van der Waals surface area contributed by atoms with Gasteiger partial charge in [0, 0.05) is 11.6 Å². The molecule has 1 heterocycles. The third kappa shape index (κ3) is 1.89. The van der Waals surface area contributed by atoms with Crippen LogP contribution < -0.4 is 5.32 Å². The van der Waals surface area contributed by atoms with Crippen molar-refractivity contribution in [3.63, 3.8) is 0 Å². The van der Waals surface area contributed by atoms with Crippen molar-refractivity contribution in [2.45, 2.75) is 26.8 Å². The lowest BCUT2D eigenvalue weighted by atomic mass is 9.99. The van der Waals surface area contributed by atoms with E-state index in [1.807, 2.05) is 20.2 Å². The Morgan fingerprint density at radius 1 is 1.42 bits per heavy atom. The highest BCUT2D eigenvalue weighted by Crippen LogP contribution is 2.22. The number of nitrogens with one attached hydrogen (secondary N) is 1. The summed E-state index contributed by atoms with van der Waals surface area (Å²) >= 11 is 0. The first kappa shape index (κ1) is 9.33. The molecule has 1 rings (SSSR count). The summed E-state index contributed by atoms with van der Waals surface area (Å²) in [7, 11) is 1.98. The van der Waals surface area contributed by atoms with Gasteiger partial charge in [-0.05, 0) is 26.0 Å². The molecule has 0 bridgehead atoms. The van der Waals surface area contributed by atoms with Gasteiger partial charge in [-0.3, -0.25) is 0 Å². The summed E-state index contributed by atoms with van der Waals surface area (Å²) in [5.74, 6) is 1.57. The summed E-state index contributed by atoms with van der Waals surface area (Å²) in [5, 5.41) is 3.27. The van der Waals surface area contributed by atoms with Crippen LogP contribution in [0.3, 0.4) is 0 Å². The second kappa shape index (κ2) is 3.76. The number of rotatable bonds is 3. The molecule has 1 aromatic heterocycles. The first-order chi connectivity index (χ1) is 5.65. The largest absolute Gasteiger partial charge is 0.469 e. The van der Waals surface area contributed by atoms with E-state index in [1.54, 1.807) is 0 Å². The minimum Gasteiger partial charge on any atom is -0.469 e. The molecule has 68 valence electrons.